The molecule has 7 nitrogen and oxygen atoms in total. The number of hydrogen-bond donors (Lipinski definition) is 4. The van der Waals surface area contributed by atoms with E-state index < -0.39 is 12.1 Å². The predicted octanol–water partition coefficient (Wildman–Crippen LogP) is 4.70. The number of fused-ring (bicyclic) bond motifs is 1. The van der Waals surface area contributed by atoms with Crippen molar-refractivity contribution >= 4 is 16.9 Å². The number of esters is 1. The molecule has 0 saturated carbocycles. The van der Waals surface area contributed by atoms with Gasteiger partial charge in [0.15, 0.2) is 0 Å². The van der Waals surface area contributed by atoms with Gasteiger partial charge in [-0.3, -0.25) is 0 Å². The first kappa shape index (κ1) is 26.3. The SMILES string of the molecule is CCCCc1cc(O)c(Cn2cc(CC(O)COC(=O)c3ccccc3)c3cc(CO)ccc32)c(O)c1. The van der Waals surface area contributed by atoms with E-state index in [4.69, 9.17) is 4.74 Å². The molecule has 0 radical (unpaired) electrons. The van der Waals surface area contributed by atoms with Gasteiger partial charge in [-0.15, -0.1) is 0 Å². The fourth-order valence-corrected chi connectivity index (χ4v) is 4.51. The van der Waals surface area contributed by atoms with Crippen LogP contribution in [0.25, 0.3) is 10.9 Å². The molecule has 0 amide bonds. The first-order valence-electron chi connectivity index (χ1n) is 12.5. The van der Waals surface area contributed by atoms with Crippen molar-refractivity contribution in [3.63, 3.8) is 0 Å². The quantitative estimate of drug-likeness (QED) is 0.221. The minimum atomic E-state index is -0.941. The summed E-state index contributed by atoms with van der Waals surface area (Å²) in [4.78, 5) is 12.2. The molecular formula is C30H33NO6. The number of aliphatic hydroxyl groups is 2. The van der Waals surface area contributed by atoms with Gasteiger partial charge in [-0.25, -0.2) is 4.79 Å². The molecule has 194 valence electrons. The summed E-state index contributed by atoms with van der Waals surface area (Å²) >= 11 is 0. The molecule has 0 fully saturated rings. The Hall–Kier alpha value is -3.81. The highest BCUT2D eigenvalue weighted by molar-refractivity contribution is 5.89. The second-order valence-corrected chi connectivity index (χ2v) is 9.33. The second-order valence-electron chi connectivity index (χ2n) is 9.33. The molecule has 0 aliphatic rings. The molecule has 37 heavy (non-hydrogen) atoms. The number of carbonyl (C=O) groups is 1. The molecule has 0 saturated heterocycles. The number of carbonyl (C=O) groups excluding carboxylic acids is 1. The third-order valence-corrected chi connectivity index (χ3v) is 6.49. The van der Waals surface area contributed by atoms with Gasteiger partial charge in [0.1, 0.15) is 18.1 Å². The number of aryl methyl sites for hydroxylation is 1. The number of nitrogens with zero attached hydrogens (tertiary/aromatic N) is 1. The zero-order chi connectivity index (χ0) is 26.4. The van der Waals surface area contributed by atoms with Gasteiger partial charge in [0.25, 0.3) is 0 Å². The number of phenolic OH excluding ortho intramolecular Hbond substituents is 2. The van der Waals surface area contributed by atoms with E-state index in [0.717, 1.165) is 46.9 Å². The van der Waals surface area contributed by atoms with Gasteiger partial charge >= 0.3 is 5.97 Å². The normalized spacial score (nSPS) is 12.1. The van der Waals surface area contributed by atoms with Crippen LogP contribution in [0.4, 0.5) is 0 Å². The summed E-state index contributed by atoms with van der Waals surface area (Å²) in [6, 6.07) is 17.5. The van der Waals surface area contributed by atoms with Gasteiger partial charge in [-0.1, -0.05) is 37.6 Å². The number of aromatic hydroxyl groups is 2. The fraction of sp³-hybridized carbons (Fsp3) is 0.300. The van der Waals surface area contributed by atoms with E-state index in [0.29, 0.717) is 11.1 Å². The van der Waals surface area contributed by atoms with Crippen LogP contribution in [-0.2, 0) is 30.7 Å². The molecule has 1 atom stereocenters. The first-order valence-corrected chi connectivity index (χ1v) is 12.5. The van der Waals surface area contributed by atoms with Crippen LogP contribution in [0.3, 0.4) is 0 Å². The molecular weight excluding hydrogens is 470 g/mol. The van der Waals surface area contributed by atoms with Crippen molar-refractivity contribution in [3.8, 4) is 11.5 Å². The minimum absolute atomic E-state index is 0.0364. The highest BCUT2D eigenvalue weighted by Crippen LogP contribution is 2.33. The topological polar surface area (TPSA) is 112 Å². The lowest BCUT2D eigenvalue weighted by molar-refractivity contribution is 0.0259. The Morgan fingerprint density at radius 2 is 1.73 bits per heavy atom. The van der Waals surface area contributed by atoms with Crippen molar-refractivity contribution in [3.05, 3.63) is 94.7 Å². The maximum Gasteiger partial charge on any atom is 0.338 e. The molecule has 0 spiro atoms. The molecule has 0 aliphatic carbocycles. The largest absolute Gasteiger partial charge is 0.507 e. The number of hydrogen-bond acceptors (Lipinski definition) is 6. The fourth-order valence-electron chi connectivity index (χ4n) is 4.51. The van der Waals surface area contributed by atoms with Gasteiger partial charge in [0, 0.05) is 23.5 Å². The molecule has 4 aromatic rings. The van der Waals surface area contributed by atoms with Crippen molar-refractivity contribution in [1.82, 2.24) is 4.57 Å². The van der Waals surface area contributed by atoms with Crippen LogP contribution in [0.15, 0.2) is 66.9 Å². The van der Waals surface area contributed by atoms with Crippen molar-refractivity contribution in [1.29, 1.82) is 0 Å². The predicted molar refractivity (Wildman–Crippen MR) is 142 cm³/mol. The zero-order valence-electron chi connectivity index (χ0n) is 20.9. The number of benzene rings is 3. The Balaban J connectivity index is 1.56. The van der Waals surface area contributed by atoms with Gasteiger partial charge in [0.2, 0.25) is 0 Å². The van der Waals surface area contributed by atoms with Gasteiger partial charge in [-0.2, -0.15) is 0 Å². The zero-order valence-corrected chi connectivity index (χ0v) is 20.9. The van der Waals surface area contributed by atoms with E-state index in [1.165, 1.54) is 0 Å². The van der Waals surface area contributed by atoms with Crippen LogP contribution >= 0.6 is 0 Å². The number of aromatic nitrogens is 1. The van der Waals surface area contributed by atoms with Crippen LogP contribution in [0, 0.1) is 0 Å². The summed E-state index contributed by atoms with van der Waals surface area (Å²) in [6.45, 7) is 2.02. The number of unbranched alkanes of at least 4 members (excludes halogenated alkanes) is 1. The van der Waals surface area contributed by atoms with E-state index in [9.17, 15) is 25.2 Å². The van der Waals surface area contributed by atoms with E-state index in [2.05, 4.69) is 6.92 Å². The van der Waals surface area contributed by atoms with Crippen LogP contribution in [0.2, 0.25) is 0 Å². The Kier molecular flexibility index (Phi) is 8.48. The Labute approximate surface area is 216 Å². The summed E-state index contributed by atoms with van der Waals surface area (Å²) in [5.41, 5.74) is 4.06. The highest BCUT2D eigenvalue weighted by atomic mass is 16.5. The van der Waals surface area contributed by atoms with Crippen molar-refractivity contribution in [2.75, 3.05) is 6.61 Å². The second kappa shape index (κ2) is 12.0. The number of aliphatic hydroxyl groups excluding tert-OH is 2. The van der Waals surface area contributed by atoms with E-state index >= 15 is 0 Å². The van der Waals surface area contributed by atoms with E-state index in [1.807, 2.05) is 35.0 Å². The van der Waals surface area contributed by atoms with Crippen LogP contribution in [0.1, 0.15) is 52.4 Å². The Morgan fingerprint density at radius 1 is 1.00 bits per heavy atom. The van der Waals surface area contributed by atoms with Crippen molar-refractivity contribution in [2.24, 2.45) is 0 Å². The number of ether oxygens (including phenoxy) is 1. The van der Waals surface area contributed by atoms with E-state index in [1.54, 1.807) is 36.4 Å². The molecule has 1 aromatic heterocycles. The molecule has 0 bridgehead atoms. The van der Waals surface area contributed by atoms with Crippen molar-refractivity contribution in [2.45, 2.75) is 51.9 Å². The molecule has 1 unspecified atom stereocenters. The average molecular weight is 504 g/mol. The third kappa shape index (κ3) is 6.31. The smallest absolute Gasteiger partial charge is 0.338 e. The Bertz CT molecular complexity index is 1340. The van der Waals surface area contributed by atoms with Crippen molar-refractivity contribution < 1.29 is 30.0 Å². The van der Waals surface area contributed by atoms with Gasteiger partial charge in [0.05, 0.1) is 30.4 Å². The molecule has 1 heterocycles. The monoisotopic (exact) mass is 503 g/mol. The first-order chi connectivity index (χ1) is 17.9. The van der Waals surface area contributed by atoms with Gasteiger partial charge in [-0.05, 0) is 65.9 Å². The molecule has 0 aliphatic heterocycles. The van der Waals surface area contributed by atoms with Crippen LogP contribution < -0.4 is 0 Å². The molecule has 7 heteroatoms. The lowest BCUT2D eigenvalue weighted by Gasteiger charge is -2.12. The average Bonchev–Trinajstić information content (AvgIpc) is 3.24. The summed E-state index contributed by atoms with van der Waals surface area (Å²) < 4.78 is 7.19. The summed E-state index contributed by atoms with van der Waals surface area (Å²) in [5, 5.41) is 42.5. The molecule has 4 rings (SSSR count). The molecule has 4 N–H and O–H groups in total. The third-order valence-electron chi connectivity index (χ3n) is 6.49. The van der Waals surface area contributed by atoms with Crippen LogP contribution in [-0.4, -0.2) is 43.7 Å². The molecule has 3 aromatic carbocycles. The summed E-state index contributed by atoms with van der Waals surface area (Å²) in [5.74, 6) is -0.429. The lowest BCUT2D eigenvalue weighted by Crippen LogP contribution is -2.21. The summed E-state index contributed by atoms with van der Waals surface area (Å²) in [6.07, 6.45) is 3.91. The van der Waals surface area contributed by atoms with Gasteiger partial charge < -0.3 is 29.7 Å². The minimum Gasteiger partial charge on any atom is -0.507 e. The summed E-state index contributed by atoms with van der Waals surface area (Å²) in [7, 11) is 0. The maximum absolute atomic E-state index is 12.2. The number of rotatable bonds is 11. The highest BCUT2D eigenvalue weighted by Gasteiger charge is 2.18. The van der Waals surface area contributed by atoms with Crippen LogP contribution in [0.5, 0.6) is 11.5 Å². The Morgan fingerprint density at radius 3 is 2.41 bits per heavy atom. The lowest BCUT2D eigenvalue weighted by atomic mass is 10.0. The maximum atomic E-state index is 12.2. The standard InChI is InChI=1S/C30H33NO6/c1-2-3-7-20-13-28(34)26(29(35)14-20)17-31-16-23(25-12-21(18-32)10-11-27(25)31)15-24(33)19-37-30(36)22-8-5-4-6-9-22/h4-6,8-14,16,24,32-35H,2-3,7,15,17-19H2,1H3. The van der Waals surface area contributed by atoms with E-state index in [-0.39, 0.29) is 37.7 Å². The number of phenols is 2.